The summed E-state index contributed by atoms with van der Waals surface area (Å²) in [5, 5.41) is 11.0. The van der Waals surface area contributed by atoms with Crippen molar-refractivity contribution < 1.29 is 9.90 Å². The number of aliphatic hydroxyl groups excluding tert-OH is 1. The predicted octanol–water partition coefficient (Wildman–Crippen LogP) is 1.97. The van der Waals surface area contributed by atoms with Crippen LogP contribution in [0.5, 0.6) is 0 Å². The second kappa shape index (κ2) is 6.75. The molecular formula is C18H24ClN3O2. The van der Waals surface area contributed by atoms with E-state index in [1.807, 2.05) is 29.3 Å². The minimum atomic E-state index is -0.521. The molecule has 2 unspecified atom stereocenters. The Balaban J connectivity index is 0.00000169. The highest BCUT2D eigenvalue weighted by Crippen LogP contribution is 2.36. The maximum atomic E-state index is 12.8. The van der Waals surface area contributed by atoms with Gasteiger partial charge in [0.25, 0.3) is 0 Å². The number of carbonyl (C=O) groups excluding carboxylic acids is 1. The molecule has 0 spiro atoms. The number of aromatic amines is 1. The number of para-hydroxylation sites is 1. The van der Waals surface area contributed by atoms with Crippen LogP contribution in [0.4, 0.5) is 0 Å². The van der Waals surface area contributed by atoms with E-state index in [1.54, 1.807) is 0 Å². The normalized spacial score (nSPS) is 27.1. The number of amides is 1. The van der Waals surface area contributed by atoms with Gasteiger partial charge in [-0.1, -0.05) is 18.2 Å². The maximum absolute atomic E-state index is 12.8. The first-order chi connectivity index (χ1) is 11.1. The van der Waals surface area contributed by atoms with Crippen molar-refractivity contribution in [3.8, 4) is 0 Å². The van der Waals surface area contributed by atoms with Gasteiger partial charge < -0.3 is 20.7 Å². The zero-order valence-electron chi connectivity index (χ0n) is 13.5. The molecule has 2 aliphatic heterocycles. The third kappa shape index (κ3) is 2.92. The molecule has 6 heteroatoms. The highest BCUT2D eigenvalue weighted by atomic mass is 35.5. The molecule has 130 valence electrons. The lowest BCUT2D eigenvalue weighted by Gasteiger charge is -2.38. The Morgan fingerprint density at radius 2 is 1.96 bits per heavy atom. The van der Waals surface area contributed by atoms with Crippen LogP contribution in [0, 0.1) is 0 Å². The molecule has 2 saturated heterocycles. The smallest absolute Gasteiger partial charge is 0.240 e. The first kappa shape index (κ1) is 17.3. The lowest BCUT2D eigenvalue weighted by atomic mass is 9.97. The molecule has 4 rings (SSSR count). The number of hydrogen-bond acceptors (Lipinski definition) is 3. The van der Waals surface area contributed by atoms with E-state index in [2.05, 4.69) is 11.1 Å². The molecule has 3 atom stereocenters. The molecule has 0 radical (unpaired) electrons. The number of carbonyl (C=O) groups is 1. The molecule has 4 N–H and O–H groups in total. The van der Waals surface area contributed by atoms with Crippen molar-refractivity contribution in [1.82, 2.24) is 9.88 Å². The molecule has 1 amide bonds. The monoisotopic (exact) mass is 349 g/mol. The molecule has 2 fully saturated rings. The van der Waals surface area contributed by atoms with Gasteiger partial charge in [0, 0.05) is 29.2 Å². The fourth-order valence-electron chi connectivity index (χ4n) is 4.32. The van der Waals surface area contributed by atoms with Crippen molar-refractivity contribution in [1.29, 1.82) is 0 Å². The number of fused-ring (bicyclic) bond motifs is 3. The Kier molecular flexibility index (Phi) is 4.85. The van der Waals surface area contributed by atoms with Gasteiger partial charge in [-0.2, -0.15) is 0 Å². The quantitative estimate of drug-likeness (QED) is 0.792. The van der Waals surface area contributed by atoms with E-state index in [4.69, 9.17) is 5.73 Å². The highest BCUT2D eigenvalue weighted by molar-refractivity contribution is 5.86. The van der Waals surface area contributed by atoms with Crippen LogP contribution in [0.25, 0.3) is 10.9 Å². The van der Waals surface area contributed by atoms with Gasteiger partial charge >= 0.3 is 0 Å². The Morgan fingerprint density at radius 1 is 1.29 bits per heavy atom. The van der Waals surface area contributed by atoms with Crippen LogP contribution in [-0.2, 0) is 11.2 Å². The first-order valence-electron chi connectivity index (χ1n) is 8.44. The van der Waals surface area contributed by atoms with E-state index in [0.717, 1.165) is 29.3 Å². The van der Waals surface area contributed by atoms with Crippen LogP contribution in [0.3, 0.4) is 0 Å². The molecule has 2 aromatic rings. The Bertz CT molecular complexity index is 718. The third-order valence-corrected chi connectivity index (χ3v) is 5.39. The molecule has 2 aliphatic rings. The SMILES string of the molecule is Cl.N[C@@H](Cc1c[nH]c2ccccc12)C(=O)N1C2CCC1CC(O)C2. The number of nitrogens with two attached hydrogens (primary N) is 1. The molecule has 2 bridgehead atoms. The largest absolute Gasteiger partial charge is 0.393 e. The van der Waals surface area contributed by atoms with Crippen molar-refractivity contribution >= 4 is 29.2 Å². The molecule has 5 nitrogen and oxygen atoms in total. The number of benzene rings is 1. The molecule has 1 aromatic heterocycles. The number of piperidine rings is 1. The van der Waals surface area contributed by atoms with E-state index >= 15 is 0 Å². The van der Waals surface area contributed by atoms with Crippen molar-refractivity contribution in [2.45, 2.75) is 56.3 Å². The van der Waals surface area contributed by atoms with Crippen LogP contribution in [0.2, 0.25) is 0 Å². The number of nitrogens with one attached hydrogen (secondary N) is 1. The van der Waals surface area contributed by atoms with Crippen molar-refractivity contribution in [3.05, 3.63) is 36.0 Å². The molecular weight excluding hydrogens is 326 g/mol. The number of halogens is 1. The summed E-state index contributed by atoms with van der Waals surface area (Å²) in [6.07, 6.45) is 5.61. The van der Waals surface area contributed by atoms with Gasteiger partial charge in [0.1, 0.15) is 0 Å². The summed E-state index contributed by atoms with van der Waals surface area (Å²) in [7, 11) is 0. The van der Waals surface area contributed by atoms with Gasteiger partial charge in [-0.3, -0.25) is 4.79 Å². The summed E-state index contributed by atoms with van der Waals surface area (Å²) in [5.41, 5.74) is 8.41. The minimum absolute atomic E-state index is 0. The Morgan fingerprint density at radius 3 is 2.67 bits per heavy atom. The number of aromatic nitrogens is 1. The zero-order valence-corrected chi connectivity index (χ0v) is 14.3. The summed E-state index contributed by atoms with van der Waals surface area (Å²) < 4.78 is 0. The average molecular weight is 350 g/mol. The van der Waals surface area contributed by atoms with Gasteiger partial charge in [0.05, 0.1) is 12.1 Å². The van der Waals surface area contributed by atoms with E-state index < -0.39 is 6.04 Å². The number of rotatable bonds is 3. The second-order valence-electron chi connectivity index (χ2n) is 6.93. The first-order valence-corrected chi connectivity index (χ1v) is 8.44. The van der Waals surface area contributed by atoms with Crippen molar-refractivity contribution in [3.63, 3.8) is 0 Å². The molecule has 0 saturated carbocycles. The fourth-order valence-corrected chi connectivity index (χ4v) is 4.32. The maximum Gasteiger partial charge on any atom is 0.240 e. The van der Waals surface area contributed by atoms with Crippen LogP contribution in [0.15, 0.2) is 30.5 Å². The van der Waals surface area contributed by atoms with Gasteiger partial charge in [0.2, 0.25) is 5.91 Å². The molecule has 1 aromatic carbocycles. The van der Waals surface area contributed by atoms with Crippen LogP contribution < -0.4 is 5.73 Å². The van der Waals surface area contributed by atoms with E-state index in [9.17, 15) is 9.90 Å². The summed E-state index contributed by atoms with van der Waals surface area (Å²) in [6.45, 7) is 0. The minimum Gasteiger partial charge on any atom is -0.393 e. The zero-order chi connectivity index (χ0) is 16.0. The third-order valence-electron chi connectivity index (χ3n) is 5.39. The van der Waals surface area contributed by atoms with Crippen molar-refractivity contribution in [2.75, 3.05) is 0 Å². The molecule has 3 heterocycles. The molecule has 0 aliphatic carbocycles. The standard InChI is InChI=1S/C18H23N3O2.ClH/c19-16(7-11-10-20-17-4-2-1-3-15(11)17)18(23)21-12-5-6-13(21)9-14(22)8-12;/h1-4,10,12-14,16,20,22H,5-9,19H2;1H/t12?,13?,14?,16-;/m0./s1. The number of H-pyrrole nitrogens is 1. The topological polar surface area (TPSA) is 82.4 Å². The lowest BCUT2D eigenvalue weighted by Crippen LogP contribution is -2.54. The van der Waals surface area contributed by atoms with Crippen LogP contribution >= 0.6 is 12.4 Å². The molecule has 24 heavy (non-hydrogen) atoms. The summed E-state index contributed by atoms with van der Waals surface area (Å²) in [6, 6.07) is 7.89. The van der Waals surface area contributed by atoms with Gasteiger partial charge in [0.15, 0.2) is 0 Å². The Labute approximate surface area is 147 Å². The Hall–Kier alpha value is -1.56. The number of aliphatic hydroxyl groups is 1. The summed E-state index contributed by atoms with van der Waals surface area (Å²) in [5.74, 6) is 0.0367. The summed E-state index contributed by atoms with van der Waals surface area (Å²) >= 11 is 0. The number of hydrogen-bond donors (Lipinski definition) is 3. The summed E-state index contributed by atoms with van der Waals surface area (Å²) in [4.78, 5) is 18.0. The highest BCUT2D eigenvalue weighted by Gasteiger charge is 2.43. The fraction of sp³-hybridized carbons (Fsp3) is 0.500. The predicted molar refractivity (Wildman–Crippen MR) is 96.1 cm³/mol. The van der Waals surface area contributed by atoms with Crippen molar-refractivity contribution in [2.24, 2.45) is 5.73 Å². The van der Waals surface area contributed by atoms with E-state index in [-0.39, 0.29) is 36.5 Å². The van der Waals surface area contributed by atoms with Gasteiger partial charge in [-0.05, 0) is 43.7 Å². The second-order valence-corrected chi connectivity index (χ2v) is 6.93. The van der Waals surface area contributed by atoms with E-state index in [0.29, 0.717) is 19.3 Å². The van der Waals surface area contributed by atoms with Gasteiger partial charge in [-0.25, -0.2) is 0 Å². The lowest BCUT2D eigenvalue weighted by molar-refractivity contribution is -0.138. The number of nitrogens with zero attached hydrogens (tertiary/aromatic N) is 1. The average Bonchev–Trinajstić information content (AvgIpc) is 3.06. The van der Waals surface area contributed by atoms with Crippen LogP contribution in [-0.4, -0.2) is 45.1 Å². The van der Waals surface area contributed by atoms with E-state index in [1.165, 1.54) is 0 Å². The van der Waals surface area contributed by atoms with Crippen LogP contribution in [0.1, 0.15) is 31.2 Å². The van der Waals surface area contributed by atoms with Gasteiger partial charge in [-0.15, -0.1) is 12.4 Å².